The SMILES string of the molecule is CC(C)(Cn1nnnc1-c1ccc(=O)[nH]c1)C(=O)O. The lowest BCUT2D eigenvalue weighted by Crippen LogP contribution is -2.30. The molecule has 19 heavy (non-hydrogen) atoms. The van der Waals surface area contributed by atoms with Gasteiger partial charge >= 0.3 is 5.97 Å². The predicted octanol–water partition coefficient (Wildman–Crippen LogP) is 0.139. The van der Waals surface area contributed by atoms with Crippen molar-refractivity contribution in [3.8, 4) is 11.4 Å². The minimum Gasteiger partial charge on any atom is -0.481 e. The summed E-state index contributed by atoms with van der Waals surface area (Å²) in [5.74, 6) is -0.527. The number of nitrogens with zero attached hydrogens (tertiary/aromatic N) is 4. The molecular formula is C11H13N5O3. The van der Waals surface area contributed by atoms with Gasteiger partial charge in [0.25, 0.3) is 0 Å². The van der Waals surface area contributed by atoms with E-state index in [1.54, 1.807) is 19.9 Å². The molecule has 0 bridgehead atoms. The number of rotatable bonds is 4. The van der Waals surface area contributed by atoms with Crippen LogP contribution in [0.2, 0.25) is 0 Å². The summed E-state index contributed by atoms with van der Waals surface area (Å²) in [5, 5.41) is 20.3. The summed E-state index contributed by atoms with van der Waals surface area (Å²) in [7, 11) is 0. The average molecular weight is 263 g/mol. The predicted molar refractivity (Wildman–Crippen MR) is 65.3 cm³/mol. The first kappa shape index (κ1) is 12.9. The molecule has 0 aliphatic heterocycles. The maximum absolute atomic E-state index is 11.1. The number of carboxylic acid groups (broad SMARTS) is 1. The van der Waals surface area contributed by atoms with E-state index in [1.807, 2.05) is 0 Å². The van der Waals surface area contributed by atoms with Gasteiger partial charge in [0.2, 0.25) is 5.56 Å². The van der Waals surface area contributed by atoms with Gasteiger partial charge in [-0.15, -0.1) is 5.10 Å². The van der Waals surface area contributed by atoms with Gasteiger partial charge < -0.3 is 10.1 Å². The second-order valence-electron chi connectivity index (χ2n) is 4.79. The number of carboxylic acids is 1. The zero-order valence-electron chi connectivity index (χ0n) is 10.5. The van der Waals surface area contributed by atoms with Gasteiger partial charge in [-0.25, -0.2) is 4.68 Å². The second-order valence-corrected chi connectivity index (χ2v) is 4.79. The van der Waals surface area contributed by atoms with Crippen LogP contribution in [-0.4, -0.2) is 36.3 Å². The number of carbonyl (C=O) groups is 1. The summed E-state index contributed by atoms with van der Waals surface area (Å²) in [5.41, 5.74) is -0.605. The third-order valence-electron chi connectivity index (χ3n) is 2.70. The van der Waals surface area contributed by atoms with Crippen LogP contribution >= 0.6 is 0 Å². The quantitative estimate of drug-likeness (QED) is 0.811. The minimum atomic E-state index is -0.994. The van der Waals surface area contributed by atoms with Crippen molar-refractivity contribution < 1.29 is 9.90 Å². The van der Waals surface area contributed by atoms with Crippen LogP contribution < -0.4 is 5.56 Å². The van der Waals surface area contributed by atoms with Gasteiger partial charge in [-0.1, -0.05) is 0 Å². The summed E-state index contributed by atoms with van der Waals surface area (Å²) < 4.78 is 1.40. The smallest absolute Gasteiger partial charge is 0.310 e. The number of hydrogen-bond donors (Lipinski definition) is 2. The van der Waals surface area contributed by atoms with Gasteiger partial charge in [0.15, 0.2) is 5.82 Å². The molecule has 0 amide bonds. The molecule has 2 aromatic rings. The van der Waals surface area contributed by atoms with Gasteiger partial charge in [0.05, 0.1) is 12.0 Å². The molecule has 2 rings (SSSR count). The molecule has 0 atom stereocenters. The Labute approximate surface area is 108 Å². The highest BCUT2D eigenvalue weighted by atomic mass is 16.4. The first-order valence-corrected chi connectivity index (χ1v) is 5.59. The second kappa shape index (κ2) is 4.63. The number of aliphatic carboxylic acids is 1. The Hall–Kier alpha value is -2.51. The molecule has 8 nitrogen and oxygen atoms in total. The van der Waals surface area contributed by atoms with Crippen LogP contribution in [0.25, 0.3) is 11.4 Å². The van der Waals surface area contributed by atoms with Crippen LogP contribution in [-0.2, 0) is 11.3 Å². The highest BCUT2D eigenvalue weighted by molar-refractivity contribution is 5.73. The molecule has 2 heterocycles. The molecule has 2 N–H and O–H groups in total. The fraction of sp³-hybridized carbons (Fsp3) is 0.364. The highest BCUT2D eigenvalue weighted by Gasteiger charge is 2.29. The van der Waals surface area contributed by atoms with E-state index in [0.29, 0.717) is 11.4 Å². The fourth-order valence-electron chi connectivity index (χ4n) is 1.51. The van der Waals surface area contributed by atoms with Gasteiger partial charge in [0.1, 0.15) is 0 Å². The van der Waals surface area contributed by atoms with E-state index in [9.17, 15) is 9.59 Å². The summed E-state index contributed by atoms with van der Waals surface area (Å²) >= 11 is 0. The molecule has 8 heteroatoms. The van der Waals surface area contributed by atoms with E-state index in [-0.39, 0.29) is 12.1 Å². The number of pyridine rings is 1. The molecular weight excluding hydrogens is 250 g/mol. The molecule has 0 fully saturated rings. The Morgan fingerprint density at radius 3 is 2.79 bits per heavy atom. The zero-order chi connectivity index (χ0) is 14.0. The molecule has 0 spiro atoms. The number of nitrogens with one attached hydrogen (secondary N) is 1. The Bertz CT molecular complexity index is 638. The van der Waals surface area contributed by atoms with Gasteiger partial charge in [-0.05, 0) is 30.3 Å². The van der Waals surface area contributed by atoms with Crippen LogP contribution in [0.15, 0.2) is 23.1 Å². The van der Waals surface area contributed by atoms with Crippen molar-refractivity contribution in [2.75, 3.05) is 0 Å². The Morgan fingerprint density at radius 1 is 1.47 bits per heavy atom. The molecule has 0 saturated heterocycles. The van der Waals surface area contributed by atoms with Crippen LogP contribution in [0.4, 0.5) is 0 Å². The standard InChI is InChI=1S/C11H13N5O3/c1-11(2,10(18)19)6-16-9(13-14-15-16)7-3-4-8(17)12-5-7/h3-5H,6H2,1-2H3,(H,12,17)(H,18,19). The third-order valence-corrected chi connectivity index (χ3v) is 2.70. The van der Waals surface area contributed by atoms with Crippen LogP contribution in [0.5, 0.6) is 0 Å². The van der Waals surface area contributed by atoms with Crippen molar-refractivity contribution in [3.63, 3.8) is 0 Å². The number of tetrazole rings is 1. The van der Waals surface area contributed by atoms with Crippen molar-refractivity contribution in [2.24, 2.45) is 5.41 Å². The Kier molecular flexibility index (Phi) is 3.16. The normalized spacial score (nSPS) is 11.5. The van der Waals surface area contributed by atoms with Crippen molar-refractivity contribution in [1.82, 2.24) is 25.2 Å². The third kappa shape index (κ3) is 2.67. The topological polar surface area (TPSA) is 114 Å². The lowest BCUT2D eigenvalue weighted by Gasteiger charge is -2.18. The van der Waals surface area contributed by atoms with E-state index < -0.39 is 11.4 Å². The maximum Gasteiger partial charge on any atom is 0.310 e. The Balaban J connectivity index is 2.35. The van der Waals surface area contributed by atoms with Crippen molar-refractivity contribution in [2.45, 2.75) is 20.4 Å². The summed E-state index contributed by atoms with van der Waals surface area (Å²) in [6, 6.07) is 2.94. The molecule has 0 radical (unpaired) electrons. The summed E-state index contributed by atoms with van der Waals surface area (Å²) in [6.07, 6.45) is 1.48. The Morgan fingerprint density at radius 2 is 2.21 bits per heavy atom. The van der Waals surface area contributed by atoms with Crippen LogP contribution in [0.1, 0.15) is 13.8 Å². The number of aromatic nitrogens is 5. The van der Waals surface area contributed by atoms with Crippen molar-refractivity contribution in [3.05, 3.63) is 28.7 Å². The van der Waals surface area contributed by atoms with Crippen molar-refractivity contribution in [1.29, 1.82) is 0 Å². The lowest BCUT2D eigenvalue weighted by molar-refractivity contribution is -0.147. The molecule has 0 saturated carbocycles. The largest absolute Gasteiger partial charge is 0.481 e. The van der Waals surface area contributed by atoms with E-state index in [1.165, 1.54) is 16.9 Å². The van der Waals surface area contributed by atoms with Gasteiger partial charge in [0, 0.05) is 17.8 Å². The first-order chi connectivity index (χ1) is 8.90. The molecule has 0 aromatic carbocycles. The van der Waals surface area contributed by atoms with E-state index in [0.717, 1.165) is 0 Å². The number of hydrogen-bond acceptors (Lipinski definition) is 5. The molecule has 0 aliphatic carbocycles. The fourth-order valence-corrected chi connectivity index (χ4v) is 1.51. The maximum atomic E-state index is 11.1. The van der Waals surface area contributed by atoms with E-state index in [2.05, 4.69) is 20.5 Å². The van der Waals surface area contributed by atoms with E-state index in [4.69, 9.17) is 5.11 Å². The average Bonchev–Trinajstić information content (AvgIpc) is 2.77. The van der Waals surface area contributed by atoms with Crippen molar-refractivity contribution >= 4 is 5.97 Å². The van der Waals surface area contributed by atoms with Gasteiger partial charge in [-0.3, -0.25) is 9.59 Å². The summed E-state index contributed by atoms with van der Waals surface area (Å²) in [6.45, 7) is 3.31. The van der Waals surface area contributed by atoms with E-state index >= 15 is 0 Å². The van der Waals surface area contributed by atoms with Gasteiger partial charge in [-0.2, -0.15) is 0 Å². The monoisotopic (exact) mass is 263 g/mol. The number of H-pyrrole nitrogens is 1. The first-order valence-electron chi connectivity index (χ1n) is 5.59. The molecule has 100 valence electrons. The summed E-state index contributed by atoms with van der Waals surface area (Å²) in [4.78, 5) is 24.6. The molecule has 0 aliphatic rings. The van der Waals surface area contributed by atoms with Crippen LogP contribution in [0, 0.1) is 5.41 Å². The highest BCUT2D eigenvalue weighted by Crippen LogP contribution is 2.21. The lowest BCUT2D eigenvalue weighted by atomic mass is 9.94. The minimum absolute atomic E-state index is 0.129. The zero-order valence-corrected chi connectivity index (χ0v) is 10.5. The molecule has 0 unspecified atom stereocenters. The molecule has 2 aromatic heterocycles. The number of aromatic amines is 1. The van der Waals surface area contributed by atoms with Crippen LogP contribution in [0.3, 0.4) is 0 Å².